The molecule has 2 aromatic carbocycles. The maximum atomic E-state index is 5.84. The number of halogens is 4. The zero-order valence-electron chi connectivity index (χ0n) is 8.13. The van der Waals surface area contributed by atoms with Crippen LogP contribution in [0, 0.1) is 7.14 Å². The van der Waals surface area contributed by atoms with Crippen molar-refractivity contribution in [2.45, 2.75) is 0 Å². The molecule has 0 nitrogen and oxygen atoms in total. The Morgan fingerprint density at radius 3 is 1.75 bits per heavy atom. The van der Waals surface area contributed by atoms with Crippen LogP contribution < -0.4 is 33.6 Å². The van der Waals surface area contributed by atoms with E-state index in [1.807, 2.05) is 12.1 Å². The topological polar surface area (TPSA) is 0 Å². The van der Waals surface area contributed by atoms with E-state index in [4.69, 9.17) is 11.6 Å². The highest BCUT2D eigenvalue weighted by atomic mass is 127. The smallest absolute Gasteiger partial charge is 0.357 e. The highest BCUT2D eigenvalue weighted by molar-refractivity contribution is 9.10. The monoisotopic (exact) mass is 428 g/mol. The molecule has 2 rings (SSSR count). The molecular formula is C12H8BrCl2I. The van der Waals surface area contributed by atoms with Gasteiger partial charge in [-0.25, -0.2) is 0 Å². The normalized spacial score (nSPS) is 9.62. The van der Waals surface area contributed by atoms with Gasteiger partial charge in [0.1, 0.15) is 0 Å². The molecule has 0 N–H and O–H groups in total. The molecular weight excluding hydrogens is 422 g/mol. The van der Waals surface area contributed by atoms with Gasteiger partial charge in [0.2, 0.25) is 0 Å². The van der Waals surface area contributed by atoms with E-state index in [1.165, 1.54) is 7.14 Å². The zero-order chi connectivity index (χ0) is 10.7. The summed E-state index contributed by atoms with van der Waals surface area (Å²) in [7, 11) is 0. The van der Waals surface area contributed by atoms with Crippen molar-refractivity contribution in [1.29, 1.82) is 0 Å². The van der Waals surface area contributed by atoms with Gasteiger partial charge in [-0.2, -0.15) is 0 Å². The Labute approximate surface area is 125 Å². The minimum absolute atomic E-state index is 0. The summed E-state index contributed by atoms with van der Waals surface area (Å²) >= 11 is 9.20. The molecule has 0 amide bonds. The second-order valence-corrected chi connectivity index (χ2v) is 7.35. The molecule has 84 valence electrons. The van der Waals surface area contributed by atoms with Crippen molar-refractivity contribution < 1.29 is 33.6 Å². The summed E-state index contributed by atoms with van der Waals surface area (Å²) < 4.78 is 3.94. The minimum Gasteiger partial charge on any atom is -1.00 e. The van der Waals surface area contributed by atoms with Crippen molar-refractivity contribution in [2.24, 2.45) is 0 Å². The molecule has 0 aromatic heterocycles. The van der Waals surface area contributed by atoms with Crippen LogP contribution in [0.25, 0.3) is 0 Å². The number of hydrogen-bond donors (Lipinski definition) is 0. The van der Waals surface area contributed by atoms with Crippen LogP contribution in [0.15, 0.2) is 53.0 Å². The summed E-state index contributed by atoms with van der Waals surface area (Å²) in [4.78, 5) is 0. The summed E-state index contributed by atoms with van der Waals surface area (Å²) in [6.07, 6.45) is 0. The Morgan fingerprint density at radius 1 is 0.812 bits per heavy atom. The average Bonchev–Trinajstić information content (AvgIpc) is 2.25. The van der Waals surface area contributed by atoms with Crippen molar-refractivity contribution in [3.8, 4) is 0 Å². The Kier molecular flexibility index (Phi) is 6.11. The maximum absolute atomic E-state index is 5.84. The average molecular weight is 430 g/mol. The largest absolute Gasteiger partial charge is 1.00 e. The van der Waals surface area contributed by atoms with E-state index >= 15 is 0 Å². The molecule has 0 heterocycles. The van der Waals surface area contributed by atoms with Crippen molar-refractivity contribution in [3.05, 3.63) is 65.2 Å². The highest BCUT2D eigenvalue weighted by Gasteiger charge is 2.14. The van der Waals surface area contributed by atoms with Crippen molar-refractivity contribution >= 4 is 27.5 Å². The number of rotatable bonds is 2. The first-order valence-electron chi connectivity index (χ1n) is 4.40. The minimum atomic E-state index is -0.0763. The molecule has 2 aromatic rings. The Morgan fingerprint density at radius 2 is 1.25 bits per heavy atom. The lowest BCUT2D eigenvalue weighted by molar-refractivity contribution is -0.597. The lowest BCUT2D eigenvalue weighted by Crippen LogP contribution is -3.61. The molecule has 0 bridgehead atoms. The highest BCUT2D eigenvalue weighted by Crippen LogP contribution is 2.06. The molecule has 0 aliphatic heterocycles. The van der Waals surface area contributed by atoms with E-state index in [0.717, 1.165) is 9.50 Å². The van der Waals surface area contributed by atoms with Crippen LogP contribution in [0.4, 0.5) is 0 Å². The Hall–Kier alpha value is 0.230. The first-order valence-corrected chi connectivity index (χ1v) is 7.73. The lowest BCUT2D eigenvalue weighted by atomic mass is 10.4. The summed E-state index contributed by atoms with van der Waals surface area (Å²) in [5.74, 6) is 0. The van der Waals surface area contributed by atoms with E-state index in [2.05, 4.69) is 52.3 Å². The Bertz CT molecular complexity index is 396. The fourth-order valence-electron chi connectivity index (χ4n) is 1.11. The van der Waals surface area contributed by atoms with Crippen LogP contribution in [0.2, 0.25) is 5.02 Å². The van der Waals surface area contributed by atoms with Gasteiger partial charge in [0.05, 0.1) is 0 Å². The molecule has 0 fully saturated rings. The SMILES string of the molecule is Clc1ccc([I+]c2ccc(Br)cc2)cc1.[Cl-]. The molecule has 0 saturated carbocycles. The van der Waals surface area contributed by atoms with Crippen LogP contribution >= 0.6 is 27.5 Å². The molecule has 0 aliphatic rings. The zero-order valence-corrected chi connectivity index (χ0v) is 13.4. The summed E-state index contributed by atoms with van der Waals surface area (Å²) in [5.41, 5.74) is 0. The van der Waals surface area contributed by atoms with Gasteiger partial charge in [-0.05, 0) is 48.5 Å². The van der Waals surface area contributed by atoms with Gasteiger partial charge in [-0.15, -0.1) is 0 Å². The van der Waals surface area contributed by atoms with Gasteiger partial charge in [0.25, 0.3) is 0 Å². The van der Waals surface area contributed by atoms with E-state index in [0.29, 0.717) is 0 Å². The van der Waals surface area contributed by atoms with Crippen LogP contribution in [0.3, 0.4) is 0 Å². The van der Waals surface area contributed by atoms with Gasteiger partial charge in [0, 0.05) is 9.50 Å². The van der Waals surface area contributed by atoms with Crippen LogP contribution in [-0.2, 0) is 0 Å². The summed E-state index contributed by atoms with van der Waals surface area (Å²) in [6.45, 7) is 0. The second kappa shape index (κ2) is 6.84. The molecule has 16 heavy (non-hydrogen) atoms. The van der Waals surface area contributed by atoms with E-state index < -0.39 is 0 Å². The molecule has 0 unspecified atom stereocenters. The fourth-order valence-corrected chi connectivity index (χ4v) is 3.66. The molecule has 0 aliphatic carbocycles. The maximum Gasteiger partial charge on any atom is 0.357 e. The predicted octanol–water partition coefficient (Wildman–Crippen LogP) is -1.77. The van der Waals surface area contributed by atoms with Crippen LogP contribution in [0.5, 0.6) is 0 Å². The third-order valence-electron chi connectivity index (χ3n) is 1.83. The van der Waals surface area contributed by atoms with Gasteiger partial charge in [-0.3, -0.25) is 0 Å². The predicted molar refractivity (Wildman–Crippen MR) is 63.0 cm³/mol. The van der Waals surface area contributed by atoms with Gasteiger partial charge in [0.15, 0.2) is 7.14 Å². The molecule has 0 saturated heterocycles. The summed E-state index contributed by atoms with van der Waals surface area (Å²) in [5, 5.41) is 0.804. The van der Waals surface area contributed by atoms with E-state index in [1.54, 1.807) is 0 Å². The molecule has 0 atom stereocenters. The number of hydrogen-bond acceptors (Lipinski definition) is 0. The third-order valence-corrected chi connectivity index (χ3v) is 5.29. The van der Waals surface area contributed by atoms with Gasteiger partial charge in [-0.1, -0.05) is 27.5 Å². The van der Waals surface area contributed by atoms with Crippen LogP contribution in [-0.4, -0.2) is 0 Å². The lowest BCUT2D eigenvalue weighted by Gasteiger charge is -1.89. The first-order chi connectivity index (χ1) is 7.24. The summed E-state index contributed by atoms with van der Waals surface area (Å²) in [6, 6.07) is 16.6. The van der Waals surface area contributed by atoms with Gasteiger partial charge < -0.3 is 12.4 Å². The number of benzene rings is 2. The standard InChI is InChI=1S/C12H8BrClI.ClH/c13-9-1-5-11(6-2-9)15-12-7-3-10(14)4-8-12;/h1-8H;1H/q+1;/p-1. The quantitative estimate of drug-likeness (QED) is 0.496. The second-order valence-electron chi connectivity index (χ2n) is 2.97. The van der Waals surface area contributed by atoms with Crippen LogP contribution in [0.1, 0.15) is 0 Å². The first kappa shape index (κ1) is 14.3. The Balaban J connectivity index is 0.00000128. The molecule has 4 heteroatoms. The van der Waals surface area contributed by atoms with Gasteiger partial charge >= 0.3 is 21.2 Å². The molecule has 0 spiro atoms. The fraction of sp³-hybridized carbons (Fsp3) is 0. The van der Waals surface area contributed by atoms with Crippen molar-refractivity contribution in [3.63, 3.8) is 0 Å². The van der Waals surface area contributed by atoms with E-state index in [-0.39, 0.29) is 33.6 Å². The van der Waals surface area contributed by atoms with E-state index in [9.17, 15) is 0 Å². The van der Waals surface area contributed by atoms with Crippen molar-refractivity contribution in [1.82, 2.24) is 0 Å². The molecule has 0 radical (unpaired) electrons. The third kappa shape index (κ3) is 4.24. The van der Waals surface area contributed by atoms with Crippen molar-refractivity contribution in [2.75, 3.05) is 0 Å².